The van der Waals surface area contributed by atoms with Gasteiger partial charge in [0.2, 0.25) is 0 Å². The van der Waals surface area contributed by atoms with Crippen LogP contribution in [0.4, 0.5) is 0 Å². The van der Waals surface area contributed by atoms with E-state index in [2.05, 4.69) is 0 Å². The van der Waals surface area contributed by atoms with Gasteiger partial charge in [-0.15, -0.1) is 0 Å². The van der Waals surface area contributed by atoms with Gasteiger partial charge in [0.25, 0.3) is 0 Å². The molecule has 0 spiro atoms. The minimum Gasteiger partial charge on any atom is -0.468 e. The number of halogens is 2. The normalized spacial score (nSPS) is 19.8. The molecule has 0 saturated carbocycles. The molecule has 0 aliphatic carbocycles. The molecular weight excluding hydrogens is 313 g/mol. The van der Waals surface area contributed by atoms with Gasteiger partial charge in [0.1, 0.15) is 6.04 Å². The lowest BCUT2D eigenvalue weighted by Gasteiger charge is -2.28. The molecule has 2 rings (SSSR count). The highest BCUT2D eigenvalue weighted by molar-refractivity contribution is 6.42. The van der Waals surface area contributed by atoms with Crippen molar-refractivity contribution >= 4 is 29.2 Å². The van der Waals surface area contributed by atoms with Crippen LogP contribution < -0.4 is 0 Å². The summed E-state index contributed by atoms with van der Waals surface area (Å²) in [4.78, 5) is 14.1. The molecule has 116 valence electrons. The van der Waals surface area contributed by atoms with E-state index < -0.39 is 6.04 Å². The monoisotopic (exact) mass is 331 g/mol. The number of methoxy groups -OCH3 is 1. The molecule has 0 amide bonds. The highest BCUT2D eigenvalue weighted by Crippen LogP contribution is 2.33. The fourth-order valence-electron chi connectivity index (χ4n) is 2.63. The molecule has 0 bridgehead atoms. The van der Waals surface area contributed by atoms with Crippen LogP contribution in [0.25, 0.3) is 0 Å². The van der Waals surface area contributed by atoms with Crippen molar-refractivity contribution in [3.8, 4) is 0 Å². The molecule has 1 aliphatic rings. The molecule has 1 aliphatic heterocycles. The lowest BCUT2D eigenvalue weighted by atomic mass is 10.0. The van der Waals surface area contributed by atoms with Crippen LogP contribution in [0.5, 0.6) is 0 Å². The first-order chi connectivity index (χ1) is 10.0. The molecule has 0 unspecified atom stereocenters. The summed E-state index contributed by atoms with van der Waals surface area (Å²) in [6.45, 7) is 2.24. The number of hydrogen-bond donors (Lipinski definition) is 0. The molecule has 0 radical (unpaired) electrons. The van der Waals surface area contributed by atoms with Crippen molar-refractivity contribution < 1.29 is 14.3 Å². The number of esters is 1. The number of ether oxygens (including phenoxy) is 2. The zero-order valence-corrected chi connectivity index (χ0v) is 13.7. The number of carbonyl (C=O) groups excluding carboxylic acids is 1. The molecular formula is C15H19Cl2NO3. The van der Waals surface area contributed by atoms with Gasteiger partial charge in [-0.05, 0) is 25.5 Å². The Kier molecular flexibility index (Phi) is 5.88. The Morgan fingerprint density at radius 3 is 2.90 bits per heavy atom. The van der Waals surface area contributed by atoms with Gasteiger partial charge in [-0.1, -0.05) is 35.3 Å². The second kappa shape index (κ2) is 7.45. The minimum absolute atomic E-state index is 0.347. The number of hydrogen-bond acceptors (Lipinski definition) is 4. The lowest BCUT2D eigenvalue weighted by Crippen LogP contribution is -2.35. The van der Waals surface area contributed by atoms with Gasteiger partial charge in [0.15, 0.2) is 0 Å². The Morgan fingerprint density at radius 2 is 2.29 bits per heavy atom. The van der Waals surface area contributed by atoms with Crippen LogP contribution in [-0.2, 0) is 14.3 Å². The molecule has 6 heteroatoms. The lowest BCUT2D eigenvalue weighted by molar-refractivity contribution is -0.147. The third kappa shape index (κ3) is 3.89. The zero-order valence-electron chi connectivity index (χ0n) is 12.1. The van der Waals surface area contributed by atoms with E-state index in [9.17, 15) is 4.79 Å². The van der Waals surface area contributed by atoms with Gasteiger partial charge in [-0.25, -0.2) is 4.79 Å². The highest BCUT2D eigenvalue weighted by atomic mass is 35.5. The maximum absolute atomic E-state index is 12.2. The topological polar surface area (TPSA) is 38.8 Å². The quantitative estimate of drug-likeness (QED) is 0.777. The van der Waals surface area contributed by atoms with Crippen molar-refractivity contribution in [1.29, 1.82) is 0 Å². The minimum atomic E-state index is -0.568. The fraction of sp³-hybridized carbons (Fsp3) is 0.533. The zero-order chi connectivity index (χ0) is 15.4. The third-order valence-electron chi connectivity index (χ3n) is 3.71. The van der Waals surface area contributed by atoms with Crippen molar-refractivity contribution in [1.82, 2.24) is 4.90 Å². The van der Waals surface area contributed by atoms with E-state index in [4.69, 9.17) is 32.7 Å². The van der Waals surface area contributed by atoms with E-state index in [1.807, 2.05) is 11.9 Å². The Balaban J connectivity index is 2.24. The summed E-state index contributed by atoms with van der Waals surface area (Å²) in [7, 11) is 3.26. The summed E-state index contributed by atoms with van der Waals surface area (Å²) < 4.78 is 10.3. The Labute approximate surface area is 134 Å². The first kappa shape index (κ1) is 16.6. The Hall–Kier alpha value is -0.810. The second-order valence-corrected chi connectivity index (χ2v) is 6.02. The number of rotatable bonds is 5. The summed E-state index contributed by atoms with van der Waals surface area (Å²) >= 11 is 12.3. The van der Waals surface area contributed by atoms with Gasteiger partial charge in [-0.2, -0.15) is 0 Å². The molecule has 1 saturated heterocycles. The number of likely N-dealkylation sites (N-methyl/N-ethyl adjacent to an activating group) is 1. The molecule has 2 atom stereocenters. The molecule has 1 aromatic carbocycles. The van der Waals surface area contributed by atoms with Crippen molar-refractivity contribution in [2.45, 2.75) is 12.5 Å². The number of benzene rings is 1. The fourth-order valence-corrected chi connectivity index (χ4v) is 3.04. The third-order valence-corrected chi connectivity index (χ3v) is 4.54. The molecule has 21 heavy (non-hydrogen) atoms. The average Bonchev–Trinajstić information content (AvgIpc) is 2.96. The molecule has 1 fully saturated rings. The molecule has 1 heterocycles. The SMILES string of the molecule is COC(=O)[C@@H](c1cccc(Cl)c1Cl)N(C)C[C@H]1CCOC1. The van der Waals surface area contributed by atoms with E-state index in [1.54, 1.807) is 18.2 Å². The van der Waals surface area contributed by atoms with Crippen molar-refractivity contribution in [2.75, 3.05) is 33.9 Å². The molecule has 0 aromatic heterocycles. The van der Waals surface area contributed by atoms with E-state index in [0.29, 0.717) is 21.5 Å². The van der Waals surface area contributed by atoms with Crippen molar-refractivity contribution in [2.24, 2.45) is 5.92 Å². The van der Waals surface area contributed by atoms with Crippen LogP contribution in [0, 0.1) is 5.92 Å². The van der Waals surface area contributed by atoms with E-state index in [-0.39, 0.29) is 5.97 Å². The Bertz CT molecular complexity index is 504. The first-order valence-corrected chi connectivity index (χ1v) is 7.60. The van der Waals surface area contributed by atoms with Crippen LogP contribution in [0.15, 0.2) is 18.2 Å². The predicted molar refractivity (Wildman–Crippen MR) is 82.8 cm³/mol. The van der Waals surface area contributed by atoms with Gasteiger partial charge >= 0.3 is 5.97 Å². The maximum atomic E-state index is 12.2. The van der Waals surface area contributed by atoms with Crippen LogP contribution in [-0.4, -0.2) is 44.8 Å². The molecule has 1 aromatic rings. The summed E-state index contributed by atoms with van der Waals surface area (Å²) in [6.07, 6.45) is 1.00. The van der Waals surface area contributed by atoms with Gasteiger partial charge in [0, 0.05) is 18.7 Å². The van der Waals surface area contributed by atoms with Gasteiger partial charge in [0.05, 0.1) is 23.8 Å². The van der Waals surface area contributed by atoms with Crippen molar-refractivity contribution in [3.05, 3.63) is 33.8 Å². The second-order valence-electron chi connectivity index (χ2n) is 5.24. The first-order valence-electron chi connectivity index (χ1n) is 6.84. The maximum Gasteiger partial charge on any atom is 0.327 e. The van der Waals surface area contributed by atoms with Gasteiger partial charge < -0.3 is 9.47 Å². The summed E-state index contributed by atoms with van der Waals surface area (Å²) in [5.74, 6) is 0.0701. The Morgan fingerprint density at radius 1 is 1.52 bits per heavy atom. The van der Waals surface area contributed by atoms with E-state index in [1.165, 1.54) is 7.11 Å². The standard InChI is InChI=1S/C15H19Cl2NO3/c1-18(8-10-6-7-21-9-10)14(15(19)20-2)11-4-3-5-12(16)13(11)17/h3-5,10,14H,6-9H2,1-2H3/t10-,14-/m1/s1. The number of carbonyl (C=O) groups is 1. The highest BCUT2D eigenvalue weighted by Gasteiger charge is 2.31. The van der Waals surface area contributed by atoms with Crippen LogP contribution in [0.2, 0.25) is 10.0 Å². The van der Waals surface area contributed by atoms with Crippen LogP contribution in [0.1, 0.15) is 18.0 Å². The number of nitrogens with zero attached hydrogens (tertiary/aromatic N) is 1. The van der Waals surface area contributed by atoms with Crippen LogP contribution in [0.3, 0.4) is 0 Å². The van der Waals surface area contributed by atoms with Gasteiger partial charge in [-0.3, -0.25) is 4.90 Å². The summed E-state index contributed by atoms with van der Waals surface area (Å²) in [5.41, 5.74) is 0.664. The average molecular weight is 332 g/mol. The van der Waals surface area contributed by atoms with E-state index in [0.717, 1.165) is 26.2 Å². The van der Waals surface area contributed by atoms with Crippen LogP contribution >= 0.6 is 23.2 Å². The van der Waals surface area contributed by atoms with E-state index >= 15 is 0 Å². The molecule has 0 N–H and O–H groups in total. The summed E-state index contributed by atoms with van der Waals surface area (Å²) in [5, 5.41) is 0.824. The van der Waals surface area contributed by atoms with Crippen molar-refractivity contribution in [3.63, 3.8) is 0 Å². The summed E-state index contributed by atoms with van der Waals surface area (Å²) in [6, 6.07) is 4.72. The smallest absolute Gasteiger partial charge is 0.327 e. The molecule has 4 nitrogen and oxygen atoms in total. The predicted octanol–water partition coefficient (Wildman–Crippen LogP) is 3.18. The largest absolute Gasteiger partial charge is 0.468 e.